The van der Waals surface area contributed by atoms with E-state index in [1.54, 1.807) is 12.1 Å². The molecule has 0 fully saturated rings. The molecule has 1 atom stereocenters. The highest BCUT2D eigenvalue weighted by molar-refractivity contribution is 14.1. The van der Waals surface area contributed by atoms with Gasteiger partial charge in [-0.05, 0) is 70.0 Å². The molecule has 1 aliphatic heterocycles. The van der Waals surface area contributed by atoms with E-state index in [1.165, 1.54) is 9.13 Å². The molecule has 2 aromatic carbocycles. The molecule has 0 saturated carbocycles. The summed E-state index contributed by atoms with van der Waals surface area (Å²) in [4.78, 5) is 0. The maximum atomic E-state index is 9.71. The fourth-order valence-electron chi connectivity index (χ4n) is 2.54. The molecule has 3 rings (SSSR count). The van der Waals surface area contributed by atoms with Crippen molar-refractivity contribution in [3.8, 4) is 11.5 Å². The molecule has 0 saturated heterocycles. The van der Waals surface area contributed by atoms with Crippen molar-refractivity contribution in [2.45, 2.75) is 12.5 Å². The summed E-state index contributed by atoms with van der Waals surface area (Å²) < 4.78 is 1.20. The molecule has 0 radical (unpaired) electrons. The number of hydrogen-bond acceptors (Lipinski definition) is 3. The Morgan fingerprint density at radius 3 is 2.47 bits per heavy atom. The second-order valence-electron chi connectivity index (χ2n) is 4.73. The summed E-state index contributed by atoms with van der Waals surface area (Å²) in [7, 11) is 0. The maximum Gasteiger partial charge on any atom is 0.157 e. The lowest BCUT2D eigenvalue weighted by atomic mass is 9.89. The Kier molecular flexibility index (Phi) is 3.36. The molecule has 3 nitrogen and oxygen atoms in total. The number of phenolic OH excluding ortho intramolecular Hbond substituents is 2. The van der Waals surface area contributed by atoms with Crippen LogP contribution in [0.4, 0.5) is 0 Å². The Labute approximate surface area is 125 Å². The smallest absolute Gasteiger partial charge is 0.157 e. The molecule has 3 N–H and O–H groups in total. The normalized spacial score (nSPS) is 18.1. The second kappa shape index (κ2) is 5.02. The lowest BCUT2D eigenvalue weighted by molar-refractivity contribution is 0.400. The first kappa shape index (κ1) is 12.7. The first-order valence-corrected chi connectivity index (χ1v) is 7.26. The van der Waals surface area contributed by atoms with Gasteiger partial charge in [0.1, 0.15) is 0 Å². The van der Waals surface area contributed by atoms with Gasteiger partial charge in [-0.1, -0.05) is 12.1 Å². The number of phenols is 2. The van der Waals surface area contributed by atoms with Crippen molar-refractivity contribution >= 4 is 22.6 Å². The van der Waals surface area contributed by atoms with E-state index >= 15 is 0 Å². The van der Waals surface area contributed by atoms with Gasteiger partial charge >= 0.3 is 0 Å². The minimum atomic E-state index is -0.0574. The second-order valence-corrected chi connectivity index (χ2v) is 5.97. The van der Waals surface area contributed by atoms with Crippen LogP contribution in [0.5, 0.6) is 11.5 Å². The van der Waals surface area contributed by atoms with Crippen molar-refractivity contribution in [1.82, 2.24) is 5.32 Å². The van der Waals surface area contributed by atoms with Gasteiger partial charge < -0.3 is 15.5 Å². The number of benzene rings is 2. The van der Waals surface area contributed by atoms with Crippen LogP contribution >= 0.6 is 22.6 Å². The number of fused-ring (bicyclic) bond motifs is 1. The minimum absolute atomic E-state index is 0.0398. The number of nitrogens with one attached hydrogen (secondary N) is 1. The fraction of sp³-hybridized carbons (Fsp3) is 0.200. The minimum Gasteiger partial charge on any atom is -0.504 e. The first-order valence-electron chi connectivity index (χ1n) is 6.19. The van der Waals surface area contributed by atoms with Crippen LogP contribution in [0.2, 0.25) is 0 Å². The number of hydrogen-bond donors (Lipinski definition) is 3. The highest BCUT2D eigenvalue weighted by Crippen LogP contribution is 2.36. The zero-order valence-electron chi connectivity index (χ0n) is 10.2. The number of rotatable bonds is 1. The van der Waals surface area contributed by atoms with E-state index in [4.69, 9.17) is 0 Å². The molecule has 1 heterocycles. The van der Waals surface area contributed by atoms with Gasteiger partial charge in [0.25, 0.3) is 0 Å². The molecule has 0 aliphatic carbocycles. The van der Waals surface area contributed by atoms with Crippen LogP contribution in [0.1, 0.15) is 22.7 Å². The van der Waals surface area contributed by atoms with E-state index in [-0.39, 0.29) is 17.5 Å². The highest BCUT2D eigenvalue weighted by atomic mass is 127. The third-order valence-corrected chi connectivity index (χ3v) is 4.21. The number of aromatic hydroxyl groups is 2. The standard InChI is InChI=1S/C15H14INO2/c16-11-3-1-9(2-4-11)15-12-8-14(19)13(18)7-10(12)5-6-17-15/h1-4,7-8,15,17-19H,5-6H2. The van der Waals surface area contributed by atoms with Crippen LogP contribution < -0.4 is 5.32 Å². The van der Waals surface area contributed by atoms with E-state index in [1.807, 2.05) is 0 Å². The molecule has 0 bridgehead atoms. The Morgan fingerprint density at radius 1 is 1.05 bits per heavy atom. The quantitative estimate of drug-likeness (QED) is 0.537. The molecule has 1 unspecified atom stereocenters. The predicted octanol–water partition coefficient (Wildman–Crippen LogP) is 2.94. The molecule has 1 aliphatic rings. The molecule has 2 aromatic rings. The summed E-state index contributed by atoms with van der Waals surface area (Å²) in [5, 5.41) is 22.8. The molecule has 98 valence electrons. The number of halogens is 1. The summed E-state index contributed by atoms with van der Waals surface area (Å²) in [5.41, 5.74) is 3.31. The Hall–Kier alpha value is -1.27. The van der Waals surface area contributed by atoms with E-state index in [0.29, 0.717) is 0 Å². The van der Waals surface area contributed by atoms with Crippen LogP contribution in [0.3, 0.4) is 0 Å². The molecule has 0 amide bonds. The average Bonchev–Trinajstić information content (AvgIpc) is 2.41. The molecule has 0 spiro atoms. The zero-order chi connectivity index (χ0) is 13.4. The van der Waals surface area contributed by atoms with Gasteiger partial charge in [-0.3, -0.25) is 0 Å². The summed E-state index contributed by atoms with van der Waals surface area (Å²) in [5.74, 6) is -0.0972. The van der Waals surface area contributed by atoms with Crippen molar-refractivity contribution in [3.05, 3.63) is 56.7 Å². The summed E-state index contributed by atoms with van der Waals surface area (Å²) in [6, 6.07) is 11.8. The molecule has 19 heavy (non-hydrogen) atoms. The monoisotopic (exact) mass is 367 g/mol. The highest BCUT2D eigenvalue weighted by Gasteiger charge is 2.22. The Bertz CT molecular complexity index is 610. The molecule has 0 aromatic heterocycles. The van der Waals surface area contributed by atoms with Gasteiger partial charge in [0.15, 0.2) is 11.5 Å². The van der Waals surface area contributed by atoms with Gasteiger partial charge in [0, 0.05) is 10.1 Å². The van der Waals surface area contributed by atoms with Crippen molar-refractivity contribution in [2.24, 2.45) is 0 Å². The summed E-state index contributed by atoms with van der Waals surface area (Å²) >= 11 is 2.28. The Morgan fingerprint density at radius 2 is 1.74 bits per heavy atom. The van der Waals surface area contributed by atoms with Gasteiger partial charge in [-0.25, -0.2) is 0 Å². The van der Waals surface area contributed by atoms with Gasteiger partial charge in [-0.2, -0.15) is 0 Å². The van der Waals surface area contributed by atoms with Crippen molar-refractivity contribution in [3.63, 3.8) is 0 Å². The SMILES string of the molecule is Oc1cc2c(cc1O)C(c1ccc(I)cc1)NCC2. The fourth-order valence-corrected chi connectivity index (χ4v) is 2.89. The summed E-state index contributed by atoms with van der Waals surface area (Å²) in [6.07, 6.45) is 0.865. The summed E-state index contributed by atoms with van der Waals surface area (Å²) in [6.45, 7) is 0.869. The van der Waals surface area contributed by atoms with E-state index in [9.17, 15) is 10.2 Å². The predicted molar refractivity (Wildman–Crippen MR) is 82.5 cm³/mol. The van der Waals surface area contributed by atoms with E-state index in [2.05, 4.69) is 52.2 Å². The van der Waals surface area contributed by atoms with Crippen molar-refractivity contribution in [2.75, 3.05) is 6.54 Å². The lowest BCUT2D eigenvalue weighted by Crippen LogP contribution is -2.30. The van der Waals surface area contributed by atoms with Crippen LogP contribution in [0, 0.1) is 3.57 Å². The average molecular weight is 367 g/mol. The van der Waals surface area contributed by atoms with Crippen LogP contribution in [0.25, 0.3) is 0 Å². The largest absolute Gasteiger partial charge is 0.504 e. The molecular formula is C15H14INO2. The van der Waals surface area contributed by atoms with Crippen LogP contribution in [-0.2, 0) is 6.42 Å². The Balaban J connectivity index is 2.07. The van der Waals surface area contributed by atoms with Crippen molar-refractivity contribution < 1.29 is 10.2 Å². The maximum absolute atomic E-state index is 9.71. The van der Waals surface area contributed by atoms with Crippen LogP contribution in [-0.4, -0.2) is 16.8 Å². The van der Waals surface area contributed by atoms with Gasteiger partial charge in [0.2, 0.25) is 0 Å². The zero-order valence-corrected chi connectivity index (χ0v) is 12.4. The molecular weight excluding hydrogens is 353 g/mol. The topological polar surface area (TPSA) is 52.5 Å². The first-order chi connectivity index (χ1) is 9.15. The lowest BCUT2D eigenvalue weighted by Gasteiger charge is -2.27. The molecule has 4 heteroatoms. The third-order valence-electron chi connectivity index (χ3n) is 3.49. The van der Waals surface area contributed by atoms with E-state index in [0.717, 1.165) is 24.1 Å². The van der Waals surface area contributed by atoms with Crippen molar-refractivity contribution in [1.29, 1.82) is 0 Å². The van der Waals surface area contributed by atoms with Gasteiger partial charge in [0.05, 0.1) is 6.04 Å². The van der Waals surface area contributed by atoms with Crippen LogP contribution in [0.15, 0.2) is 36.4 Å². The third kappa shape index (κ3) is 2.42. The van der Waals surface area contributed by atoms with E-state index < -0.39 is 0 Å². The van der Waals surface area contributed by atoms with Gasteiger partial charge in [-0.15, -0.1) is 0 Å².